The molecule has 0 saturated carbocycles. The van der Waals surface area contributed by atoms with Crippen LogP contribution in [0.2, 0.25) is 0 Å². The van der Waals surface area contributed by atoms with E-state index >= 15 is 0 Å². The highest BCUT2D eigenvalue weighted by Crippen LogP contribution is 2.14. The van der Waals surface area contributed by atoms with E-state index < -0.39 is 10.0 Å². The average Bonchev–Trinajstić information content (AvgIpc) is 3.13. The molecule has 0 radical (unpaired) electrons. The van der Waals surface area contributed by atoms with Gasteiger partial charge in [-0.05, 0) is 42.3 Å². The summed E-state index contributed by atoms with van der Waals surface area (Å²) in [6.45, 7) is 1.30. The van der Waals surface area contributed by atoms with Gasteiger partial charge < -0.3 is 10.1 Å². The van der Waals surface area contributed by atoms with Crippen LogP contribution in [-0.2, 0) is 21.3 Å². The molecule has 0 unspecified atom stereocenters. The highest BCUT2D eigenvalue weighted by atomic mass is 32.2. The number of hydrogen-bond acceptors (Lipinski definition) is 5. The highest BCUT2D eigenvalue weighted by molar-refractivity contribution is 7.89. The first-order chi connectivity index (χ1) is 12.0. The molecule has 0 aliphatic carbocycles. The predicted octanol–water partition coefficient (Wildman–Crippen LogP) is 1.08. The zero-order chi connectivity index (χ0) is 17.7. The van der Waals surface area contributed by atoms with Crippen LogP contribution in [0.4, 0.5) is 0 Å². The van der Waals surface area contributed by atoms with Gasteiger partial charge in [-0.1, -0.05) is 6.07 Å². The van der Waals surface area contributed by atoms with Crippen LogP contribution in [0.3, 0.4) is 0 Å². The molecular formula is C17H19N3O4S. The van der Waals surface area contributed by atoms with E-state index in [9.17, 15) is 13.2 Å². The molecule has 1 amide bonds. The quantitative estimate of drug-likeness (QED) is 0.802. The Morgan fingerprint density at radius 1 is 1.24 bits per heavy atom. The van der Waals surface area contributed by atoms with Gasteiger partial charge in [0.05, 0.1) is 11.5 Å². The van der Waals surface area contributed by atoms with E-state index in [2.05, 4.69) is 15.0 Å². The Morgan fingerprint density at radius 2 is 2.04 bits per heavy atom. The Morgan fingerprint density at radius 3 is 2.68 bits per heavy atom. The van der Waals surface area contributed by atoms with Crippen LogP contribution in [0.25, 0.3) is 0 Å². The minimum absolute atomic E-state index is 0.128. The number of nitrogens with one attached hydrogen (secondary N) is 2. The van der Waals surface area contributed by atoms with Crippen molar-refractivity contribution in [3.05, 3.63) is 59.9 Å². The fourth-order valence-electron chi connectivity index (χ4n) is 2.49. The molecule has 3 rings (SSSR count). The molecule has 0 spiro atoms. The number of carbonyl (C=O) groups excluding carboxylic acids is 1. The molecule has 1 aromatic heterocycles. The van der Waals surface area contributed by atoms with E-state index in [1.54, 1.807) is 18.5 Å². The molecule has 7 nitrogen and oxygen atoms in total. The SMILES string of the molecule is O=C(NCc1cccnc1)c1ccc(S(=O)(=O)N[C@H]2CCOC2)cc1. The molecule has 2 aromatic rings. The minimum Gasteiger partial charge on any atom is -0.380 e. The highest BCUT2D eigenvalue weighted by Gasteiger charge is 2.23. The molecule has 1 aliphatic rings. The van der Waals surface area contributed by atoms with E-state index in [4.69, 9.17) is 4.74 Å². The van der Waals surface area contributed by atoms with E-state index in [1.165, 1.54) is 24.3 Å². The van der Waals surface area contributed by atoms with Gasteiger partial charge in [-0.3, -0.25) is 9.78 Å². The smallest absolute Gasteiger partial charge is 0.251 e. The van der Waals surface area contributed by atoms with Crippen molar-refractivity contribution < 1.29 is 17.9 Å². The van der Waals surface area contributed by atoms with Crippen LogP contribution < -0.4 is 10.0 Å². The van der Waals surface area contributed by atoms with Gasteiger partial charge in [0, 0.05) is 37.2 Å². The van der Waals surface area contributed by atoms with E-state index in [1.807, 2.05) is 6.07 Å². The van der Waals surface area contributed by atoms with Crippen molar-refractivity contribution in [3.8, 4) is 0 Å². The van der Waals surface area contributed by atoms with Crippen LogP contribution >= 0.6 is 0 Å². The van der Waals surface area contributed by atoms with Crippen LogP contribution in [0.15, 0.2) is 53.7 Å². The lowest BCUT2D eigenvalue weighted by atomic mass is 10.2. The summed E-state index contributed by atoms with van der Waals surface area (Å²) < 4.78 is 32.4. The number of aromatic nitrogens is 1. The molecule has 1 aromatic carbocycles. The van der Waals surface area contributed by atoms with Crippen molar-refractivity contribution in [3.63, 3.8) is 0 Å². The number of benzene rings is 1. The molecule has 1 saturated heterocycles. The second-order valence-electron chi connectivity index (χ2n) is 5.75. The van der Waals surface area contributed by atoms with Crippen molar-refractivity contribution in [2.24, 2.45) is 0 Å². The summed E-state index contributed by atoms with van der Waals surface area (Å²) in [6.07, 6.45) is 4.00. The number of amides is 1. The summed E-state index contributed by atoms with van der Waals surface area (Å²) >= 11 is 0. The third-order valence-electron chi connectivity index (χ3n) is 3.85. The Balaban J connectivity index is 1.62. The Bertz CT molecular complexity index is 817. The summed E-state index contributed by atoms with van der Waals surface area (Å²) in [6, 6.07) is 9.31. The zero-order valence-electron chi connectivity index (χ0n) is 13.5. The topological polar surface area (TPSA) is 97.4 Å². The number of hydrogen-bond donors (Lipinski definition) is 2. The number of ether oxygens (including phenoxy) is 1. The molecule has 1 aliphatic heterocycles. The maximum absolute atomic E-state index is 12.3. The fraction of sp³-hybridized carbons (Fsp3) is 0.294. The van der Waals surface area contributed by atoms with E-state index in [0.717, 1.165) is 5.56 Å². The van der Waals surface area contributed by atoms with Crippen molar-refractivity contribution in [2.75, 3.05) is 13.2 Å². The summed E-state index contributed by atoms with van der Waals surface area (Å²) in [5.74, 6) is -0.273. The molecule has 2 heterocycles. The lowest BCUT2D eigenvalue weighted by Crippen LogP contribution is -2.35. The number of nitrogens with zero attached hydrogens (tertiary/aromatic N) is 1. The molecular weight excluding hydrogens is 342 g/mol. The summed E-state index contributed by atoms with van der Waals surface area (Å²) in [5.41, 5.74) is 1.28. The molecule has 1 fully saturated rings. The monoisotopic (exact) mass is 361 g/mol. The third-order valence-corrected chi connectivity index (χ3v) is 5.39. The first kappa shape index (κ1) is 17.5. The zero-order valence-corrected chi connectivity index (χ0v) is 14.3. The number of pyridine rings is 1. The fourth-order valence-corrected chi connectivity index (χ4v) is 3.74. The standard InChI is InChI=1S/C17H19N3O4S/c21-17(19-11-13-2-1-8-18-10-13)14-3-5-16(6-4-14)25(22,23)20-15-7-9-24-12-15/h1-6,8,10,15,20H,7,9,11-12H2,(H,19,21)/t15-/m0/s1. The van der Waals surface area contributed by atoms with Gasteiger partial charge >= 0.3 is 0 Å². The molecule has 132 valence electrons. The Hall–Kier alpha value is -2.29. The Labute approximate surface area is 146 Å². The van der Waals surface area contributed by atoms with Crippen molar-refractivity contribution in [2.45, 2.75) is 23.9 Å². The van der Waals surface area contributed by atoms with Gasteiger partial charge in [-0.25, -0.2) is 13.1 Å². The van der Waals surface area contributed by atoms with Crippen LogP contribution in [-0.4, -0.2) is 38.6 Å². The van der Waals surface area contributed by atoms with Crippen molar-refractivity contribution >= 4 is 15.9 Å². The summed E-state index contributed by atoms with van der Waals surface area (Å²) in [7, 11) is -3.61. The maximum atomic E-state index is 12.3. The first-order valence-corrected chi connectivity index (χ1v) is 9.40. The van der Waals surface area contributed by atoms with Gasteiger partial charge in [-0.2, -0.15) is 0 Å². The molecule has 0 bridgehead atoms. The Kier molecular flexibility index (Phi) is 5.42. The summed E-state index contributed by atoms with van der Waals surface area (Å²) in [5, 5.41) is 2.77. The van der Waals surface area contributed by atoms with Crippen LogP contribution in [0.5, 0.6) is 0 Å². The number of carbonyl (C=O) groups is 1. The van der Waals surface area contributed by atoms with E-state index in [0.29, 0.717) is 31.7 Å². The van der Waals surface area contributed by atoms with Gasteiger partial charge in [0.1, 0.15) is 0 Å². The number of sulfonamides is 1. The van der Waals surface area contributed by atoms with Gasteiger partial charge in [-0.15, -0.1) is 0 Å². The second-order valence-corrected chi connectivity index (χ2v) is 7.46. The lowest BCUT2D eigenvalue weighted by molar-refractivity contribution is 0.0951. The van der Waals surface area contributed by atoms with Gasteiger partial charge in [0.15, 0.2) is 0 Å². The van der Waals surface area contributed by atoms with Gasteiger partial charge in [0.25, 0.3) is 5.91 Å². The van der Waals surface area contributed by atoms with Crippen LogP contribution in [0, 0.1) is 0 Å². The van der Waals surface area contributed by atoms with Crippen LogP contribution in [0.1, 0.15) is 22.3 Å². The molecule has 1 atom stereocenters. The average molecular weight is 361 g/mol. The first-order valence-electron chi connectivity index (χ1n) is 7.92. The number of rotatable bonds is 6. The summed E-state index contributed by atoms with van der Waals surface area (Å²) in [4.78, 5) is 16.3. The largest absolute Gasteiger partial charge is 0.380 e. The third kappa shape index (κ3) is 4.62. The van der Waals surface area contributed by atoms with Crippen molar-refractivity contribution in [1.82, 2.24) is 15.0 Å². The van der Waals surface area contributed by atoms with Crippen molar-refractivity contribution in [1.29, 1.82) is 0 Å². The maximum Gasteiger partial charge on any atom is 0.251 e. The molecule has 2 N–H and O–H groups in total. The minimum atomic E-state index is -3.61. The van der Waals surface area contributed by atoms with Gasteiger partial charge in [0.2, 0.25) is 10.0 Å². The second kappa shape index (κ2) is 7.73. The lowest BCUT2D eigenvalue weighted by Gasteiger charge is -2.12. The molecule has 25 heavy (non-hydrogen) atoms. The van der Waals surface area contributed by atoms with E-state index in [-0.39, 0.29) is 16.8 Å². The predicted molar refractivity (Wildman–Crippen MR) is 91.4 cm³/mol. The molecule has 8 heteroatoms. The normalized spacial score (nSPS) is 17.4.